The zero-order chi connectivity index (χ0) is 12.8. The van der Waals surface area contributed by atoms with E-state index in [9.17, 15) is 0 Å². The maximum Gasteiger partial charge on any atom is 0.164 e. The number of ether oxygens (including phenoxy) is 3. The Hall–Kier alpha value is -1.26. The summed E-state index contributed by atoms with van der Waals surface area (Å²) in [5.74, 6) is 1.57. The molecule has 4 nitrogen and oxygen atoms in total. The minimum Gasteiger partial charge on any atom is -0.493 e. The highest BCUT2D eigenvalue weighted by Crippen LogP contribution is 2.31. The molecule has 0 aromatic heterocycles. The first-order chi connectivity index (χ1) is 8.85. The SMILES string of the molecule is COc1cccc(CCN)c1OCC1CCCO1. The van der Waals surface area contributed by atoms with Crippen LogP contribution in [0.2, 0.25) is 0 Å². The normalized spacial score (nSPS) is 18.9. The van der Waals surface area contributed by atoms with Gasteiger partial charge in [0.1, 0.15) is 6.61 Å². The maximum absolute atomic E-state index is 5.89. The van der Waals surface area contributed by atoms with Crippen LogP contribution < -0.4 is 15.2 Å². The van der Waals surface area contributed by atoms with Gasteiger partial charge in [-0.2, -0.15) is 0 Å². The number of nitrogens with two attached hydrogens (primary N) is 1. The smallest absolute Gasteiger partial charge is 0.164 e. The zero-order valence-corrected chi connectivity index (χ0v) is 10.9. The van der Waals surface area contributed by atoms with E-state index in [0.29, 0.717) is 13.2 Å². The topological polar surface area (TPSA) is 53.7 Å². The fraction of sp³-hybridized carbons (Fsp3) is 0.571. The van der Waals surface area contributed by atoms with Gasteiger partial charge in [-0.05, 0) is 37.4 Å². The molecule has 0 saturated carbocycles. The Bertz CT molecular complexity index is 375. The van der Waals surface area contributed by atoms with Gasteiger partial charge in [0.15, 0.2) is 11.5 Å². The molecule has 0 amide bonds. The van der Waals surface area contributed by atoms with Gasteiger partial charge in [-0.3, -0.25) is 0 Å². The molecule has 4 heteroatoms. The molecule has 2 rings (SSSR count). The molecule has 1 heterocycles. The Labute approximate surface area is 108 Å². The minimum absolute atomic E-state index is 0.209. The molecule has 1 aromatic rings. The largest absolute Gasteiger partial charge is 0.493 e. The highest BCUT2D eigenvalue weighted by atomic mass is 16.5. The Morgan fingerprint density at radius 1 is 1.44 bits per heavy atom. The maximum atomic E-state index is 5.89. The lowest BCUT2D eigenvalue weighted by Crippen LogP contribution is -2.17. The van der Waals surface area contributed by atoms with Crippen LogP contribution in [-0.2, 0) is 11.2 Å². The van der Waals surface area contributed by atoms with E-state index in [2.05, 4.69) is 0 Å². The molecule has 0 radical (unpaired) electrons. The minimum atomic E-state index is 0.209. The van der Waals surface area contributed by atoms with Gasteiger partial charge >= 0.3 is 0 Å². The van der Waals surface area contributed by atoms with Gasteiger partial charge in [0.2, 0.25) is 0 Å². The molecule has 100 valence electrons. The number of rotatable bonds is 6. The summed E-state index contributed by atoms with van der Waals surface area (Å²) in [5, 5.41) is 0. The van der Waals surface area contributed by atoms with Crippen molar-refractivity contribution in [2.24, 2.45) is 5.73 Å². The van der Waals surface area contributed by atoms with E-state index in [4.69, 9.17) is 19.9 Å². The Morgan fingerprint density at radius 3 is 3.00 bits per heavy atom. The molecule has 1 aliphatic rings. The van der Waals surface area contributed by atoms with Crippen molar-refractivity contribution < 1.29 is 14.2 Å². The number of para-hydroxylation sites is 1. The summed E-state index contributed by atoms with van der Waals surface area (Å²) < 4.78 is 16.8. The molecular weight excluding hydrogens is 230 g/mol. The van der Waals surface area contributed by atoms with Gasteiger partial charge < -0.3 is 19.9 Å². The third-order valence-corrected chi connectivity index (χ3v) is 3.13. The average molecular weight is 251 g/mol. The third-order valence-electron chi connectivity index (χ3n) is 3.13. The van der Waals surface area contributed by atoms with Crippen LogP contribution in [0.5, 0.6) is 11.5 Å². The summed E-state index contributed by atoms with van der Waals surface area (Å²) in [5.41, 5.74) is 6.71. The fourth-order valence-corrected chi connectivity index (χ4v) is 2.19. The number of hydrogen-bond donors (Lipinski definition) is 1. The number of hydrogen-bond acceptors (Lipinski definition) is 4. The molecule has 1 aromatic carbocycles. The van der Waals surface area contributed by atoms with Gasteiger partial charge in [0.05, 0.1) is 13.2 Å². The monoisotopic (exact) mass is 251 g/mol. The molecule has 0 aliphatic carbocycles. The summed E-state index contributed by atoms with van der Waals surface area (Å²) in [6, 6.07) is 5.90. The predicted octanol–water partition coefficient (Wildman–Crippen LogP) is 1.75. The lowest BCUT2D eigenvalue weighted by atomic mass is 10.1. The van der Waals surface area contributed by atoms with Gasteiger partial charge in [0.25, 0.3) is 0 Å². The van der Waals surface area contributed by atoms with E-state index in [1.165, 1.54) is 0 Å². The van der Waals surface area contributed by atoms with Crippen molar-refractivity contribution in [3.63, 3.8) is 0 Å². The van der Waals surface area contributed by atoms with Gasteiger partial charge in [-0.25, -0.2) is 0 Å². The van der Waals surface area contributed by atoms with E-state index in [1.807, 2.05) is 18.2 Å². The second-order valence-corrected chi connectivity index (χ2v) is 4.43. The molecule has 1 aliphatic heterocycles. The van der Waals surface area contributed by atoms with Crippen molar-refractivity contribution in [2.75, 3.05) is 26.9 Å². The average Bonchev–Trinajstić information content (AvgIpc) is 2.90. The van der Waals surface area contributed by atoms with Gasteiger partial charge in [0, 0.05) is 6.61 Å². The molecule has 0 spiro atoms. The van der Waals surface area contributed by atoms with Crippen LogP contribution in [0.15, 0.2) is 18.2 Å². The second-order valence-electron chi connectivity index (χ2n) is 4.43. The van der Waals surface area contributed by atoms with Crippen LogP contribution in [0, 0.1) is 0 Å². The summed E-state index contributed by atoms with van der Waals surface area (Å²) in [6.07, 6.45) is 3.19. The van der Waals surface area contributed by atoms with Gasteiger partial charge in [-0.15, -0.1) is 0 Å². The van der Waals surface area contributed by atoms with E-state index >= 15 is 0 Å². The van der Waals surface area contributed by atoms with Crippen molar-refractivity contribution in [1.29, 1.82) is 0 Å². The van der Waals surface area contributed by atoms with Crippen molar-refractivity contribution >= 4 is 0 Å². The lowest BCUT2D eigenvalue weighted by molar-refractivity contribution is 0.0666. The van der Waals surface area contributed by atoms with Crippen molar-refractivity contribution in [1.82, 2.24) is 0 Å². The van der Waals surface area contributed by atoms with E-state index in [0.717, 1.165) is 42.9 Å². The number of methoxy groups -OCH3 is 1. The van der Waals surface area contributed by atoms with E-state index in [-0.39, 0.29) is 6.10 Å². The first-order valence-electron chi connectivity index (χ1n) is 6.45. The molecule has 1 atom stereocenters. The molecule has 1 fully saturated rings. The third kappa shape index (κ3) is 3.15. The molecule has 1 unspecified atom stereocenters. The summed E-state index contributed by atoms with van der Waals surface area (Å²) >= 11 is 0. The quantitative estimate of drug-likeness (QED) is 0.837. The summed E-state index contributed by atoms with van der Waals surface area (Å²) in [4.78, 5) is 0. The zero-order valence-electron chi connectivity index (χ0n) is 10.9. The molecule has 1 saturated heterocycles. The Balaban J connectivity index is 2.07. The van der Waals surface area contributed by atoms with E-state index in [1.54, 1.807) is 7.11 Å². The fourth-order valence-electron chi connectivity index (χ4n) is 2.19. The van der Waals surface area contributed by atoms with Crippen LogP contribution in [0.25, 0.3) is 0 Å². The van der Waals surface area contributed by atoms with Crippen molar-refractivity contribution in [2.45, 2.75) is 25.4 Å². The van der Waals surface area contributed by atoms with Crippen molar-refractivity contribution in [3.8, 4) is 11.5 Å². The van der Waals surface area contributed by atoms with Crippen LogP contribution in [0.3, 0.4) is 0 Å². The van der Waals surface area contributed by atoms with E-state index < -0.39 is 0 Å². The second kappa shape index (κ2) is 6.61. The predicted molar refractivity (Wildman–Crippen MR) is 70.2 cm³/mol. The standard InChI is InChI=1S/C14H21NO3/c1-16-13-6-2-4-11(7-8-15)14(13)18-10-12-5-3-9-17-12/h2,4,6,12H,3,5,7-10,15H2,1H3. The Kier molecular flexibility index (Phi) is 4.84. The first-order valence-corrected chi connectivity index (χ1v) is 6.45. The highest BCUT2D eigenvalue weighted by Gasteiger charge is 2.18. The molecule has 2 N–H and O–H groups in total. The first kappa shape index (κ1) is 13.2. The van der Waals surface area contributed by atoms with Crippen molar-refractivity contribution in [3.05, 3.63) is 23.8 Å². The van der Waals surface area contributed by atoms with Gasteiger partial charge in [-0.1, -0.05) is 12.1 Å². The molecule has 0 bridgehead atoms. The highest BCUT2D eigenvalue weighted by molar-refractivity contribution is 5.46. The lowest BCUT2D eigenvalue weighted by Gasteiger charge is -2.17. The van der Waals surface area contributed by atoms with Crippen LogP contribution >= 0.6 is 0 Å². The molecule has 18 heavy (non-hydrogen) atoms. The summed E-state index contributed by atoms with van der Waals surface area (Å²) in [6.45, 7) is 2.02. The van der Waals surface area contributed by atoms with Crippen LogP contribution in [-0.4, -0.2) is 33.0 Å². The number of benzene rings is 1. The molecular formula is C14H21NO3. The summed E-state index contributed by atoms with van der Waals surface area (Å²) in [7, 11) is 1.65. The van der Waals surface area contributed by atoms with Crippen LogP contribution in [0.4, 0.5) is 0 Å². The Morgan fingerprint density at radius 2 is 2.33 bits per heavy atom. The van der Waals surface area contributed by atoms with Crippen LogP contribution in [0.1, 0.15) is 18.4 Å².